The van der Waals surface area contributed by atoms with Crippen LogP contribution in [-0.4, -0.2) is 30.9 Å². The number of furan rings is 1. The first-order valence-corrected chi connectivity index (χ1v) is 10.4. The van der Waals surface area contributed by atoms with E-state index < -0.39 is 5.25 Å². The molecular weight excluding hydrogens is 421 g/mol. The zero-order chi connectivity index (χ0) is 19.7. The molecule has 0 aromatic carbocycles. The summed E-state index contributed by atoms with van der Waals surface area (Å²) in [5, 5.41) is 12.3. The number of amides is 1. The van der Waals surface area contributed by atoms with Gasteiger partial charge in [-0.1, -0.05) is 35.0 Å². The van der Waals surface area contributed by atoms with E-state index >= 15 is 0 Å². The Morgan fingerprint density at radius 2 is 2.25 bits per heavy atom. The average molecular weight is 438 g/mol. The standard InChI is InChI=1S/C18H17Cl2N5O2S/c1-10(17(26)22-15-14(20)7-12(19)8-21-15)28-18-24-23-16(11-4-5-11)25(18)9-13-3-2-6-27-13/h2-3,6-8,10-11H,4-5,9H2,1H3,(H,21,22,26)/t10-/m0/s1. The van der Waals surface area contributed by atoms with Gasteiger partial charge in [0, 0.05) is 12.1 Å². The molecule has 28 heavy (non-hydrogen) atoms. The number of aromatic nitrogens is 4. The lowest BCUT2D eigenvalue weighted by molar-refractivity contribution is -0.115. The molecule has 0 unspecified atom stereocenters. The number of anilines is 1. The molecule has 1 atom stereocenters. The van der Waals surface area contributed by atoms with Crippen LogP contribution in [0.1, 0.15) is 37.3 Å². The van der Waals surface area contributed by atoms with Crippen molar-refractivity contribution in [1.29, 1.82) is 0 Å². The molecule has 0 radical (unpaired) electrons. The van der Waals surface area contributed by atoms with Gasteiger partial charge in [-0.05, 0) is 38.0 Å². The second kappa shape index (κ2) is 8.14. The van der Waals surface area contributed by atoms with Crippen LogP contribution in [0.4, 0.5) is 5.82 Å². The number of nitrogens with zero attached hydrogens (tertiary/aromatic N) is 4. The Hall–Kier alpha value is -2.03. The van der Waals surface area contributed by atoms with Crippen LogP contribution >= 0.6 is 35.0 Å². The van der Waals surface area contributed by atoms with Gasteiger partial charge in [-0.15, -0.1) is 10.2 Å². The van der Waals surface area contributed by atoms with E-state index in [1.807, 2.05) is 16.7 Å². The summed E-state index contributed by atoms with van der Waals surface area (Å²) >= 11 is 13.3. The highest BCUT2D eigenvalue weighted by Gasteiger charge is 2.31. The molecule has 1 aliphatic rings. The van der Waals surface area contributed by atoms with Gasteiger partial charge in [0.2, 0.25) is 5.91 Å². The van der Waals surface area contributed by atoms with Crippen molar-refractivity contribution in [3.8, 4) is 0 Å². The number of rotatable bonds is 7. The Morgan fingerprint density at radius 1 is 1.43 bits per heavy atom. The summed E-state index contributed by atoms with van der Waals surface area (Å²) in [6.45, 7) is 2.33. The van der Waals surface area contributed by atoms with E-state index in [1.165, 1.54) is 24.0 Å². The lowest BCUT2D eigenvalue weighted by Crippen LogP contribution is -2.23. The third-order valence-corrected chi connectivity index (χ3v) is 5.86. The van der Waals surface area contributed by atoms with Gasteiger partial charge in [0.1, 0.15) is 11.6 Å². The van der Waals surface area contributed by atoms with Gasteiger partial charge in [-0.2, -0.15) is 0 Å². The monoisotopic (exact) mass is 437 g/mol. The fourth-order valence-electron chi connectivity index (χ4n) is 2.67. The molecule has 1 fully saturated rings. The third kappa shape index (κ3) is 4.34. The number of pyridine rings is 1. The second-order valence-corrected chi connectivity index (χ2v) is 8.67. The molecule has 146 valence electrons. The average Bonchev–Trinajstić information content (AvgIpc) is 3.23. The Balaban J connectivity index is 1.49. The van der Waals surface area contributed by atoms with Crippen LogP contribution in [0.2, 0.25) is 10.0 Å². The highest BCUT2D eigenvalue weighted by molar-refractivity contribution is 8.00. The van der Waals surface area contributed by atoms with Gasteiger partial charge in [-0.25, -0.2) is 4.98 Å². The molecule has 7 nitrogen and oxygen atoms in total. The number of thioether (sulfide) groups is 1. The number of carbonyl (C=O) groups excluding carboxylic acids is 1. The molecule has 10 heteroatoms. The van der Waals surface area contributed by atoms with Gasteiger partial charge in [0.25, 0.3) is 0 Å². The van der Waals surface area contributed by atoms with Gasteiger partial charge in [0.05, 0.1) is 28.1 Å². The smallest absolute Gasteiger partial charge is 0.238 e. The SMILES string of the molecule is C[C@H](Sc1nnc(C2CC2)n1Cc1ccco1)C(=O)Nc1ncc(Cl)cc1Cl. The molecular formula is C18H17Cl2N5O2S. The second-order valence-electron chi connectivity index (χ2n) is 6.51. The maximum atomic E-state index is 12.6. The van der Waals surface area contributed by atoms with Crippen molar-refractivity contribution in [1.82, 2.24) is 19.7 Å². The molecule has 1 N–H and O–H groups in total. The highest BCUT2D eigenvalue weighted by Crippen LogP contribution is 2.40. The molecule has 1 amide bonds. The molecule has 4 rings (SSSR count). The Morgan fingerprint density at radius 3 is 2.93 bits per heavy atom. The lowest BCUT2D eigenvalue weighted by Gasteiger charge is -2.13. The molecule has 0 bridgehead atoms. The Bertz CT molecular complexity index is 988. The fraction of sp³-hybridized carbons (Fsp3) is 0.333. The normalized spacial score (nSPS) is 14.8. The van der Waals surface area contributed by atoms with Gasteiger partial charge in [-0.3, -0.25) is 9.36 Å². The predicted molar refractivity (Wildman–Crippen MR) is 108 cm³/mol. The Kier molecular flexibility index (Phi) is 5.61. The third-order valence-electron chi connectivity index (χ3n) is 4.28. The van der Waals surface area contributed by atoms with E-state index in [0.717, 1.165) is 24.4 Å². The molecule has 3 heterocycles. The molecule has 1 saturated carbocycles. The molecule has 0 aliphatic heterocycles. The fourth-order valence-corrected chi connectivity index (χ4v) is 3.96. The van der Waals surface area contributed by atoms with Crippen LogP contribution in [0.25, 0.3) is 0 Å². The maximum absolute atomic E-state index is 12.6. The van der Waals surface area contributed by atoms with Gasteiger partial charge in [0.15, 0.2) is 11.0 Å². The van der Waals surface area contributed by atoms with E-state index in [1.54, 1.807) is 13.2 Å². The number of halogens is 2. The number of nitrogens with one attached hydrogen (secondary N) is 1. The largest absolute Gasteiger partial charge is 0.467 e. The highest BCUT2D eigenvalue weighted by atomic mass is 35.5. The van der Waals surface area contributed by atoms with E-state index in [2.05, 4.69) is 20.5 Å². The molecule has 1 aliphatic carbocycles. The minimum atomic E-state index is -0.430. The van der Waals surface area contributed by atoms with Crippen LogP contribution in [-0.2, 0) is 11.3 Å². The van der Waals surface area contributed by atoms with Crippen molar-refractivity contribution in [2.24, 2.45) is 0 Å². The molecule has 3 aromatic rings. The molecule has 0 spiro atoms. The van der Waals surface area contributed by atoms with Crippen LogP contribution in [0.5, 0.6) is 0 Å². The van der Waals surface area contributed by atoms with E-state index in [4.69, 9.17) is 27.6 Å². The number of hydrogen-bond acceptors (Lipinski definition) is 6. The minimum absolute atomic E-state index is 0.234. The summed E-state index contributed by atoms with van der Waals surface area (Å²) in [6.07, 6.45) is 5.29. The van der Waals surface area contributed by atoms with E-state index in [0.29, 0.717) is 22.6 Å². The summed E-state index contributed by atoms with van der Waals surface area (Å²) in [6, 6.07) is 5.29. The quantitative estimate of drug-likeness (QED) is 0.542. The van der Waals surface area contributed by atoms with Crippen molar-refractivity contribution in [2.45, 2.75) is 42.6 Å². The van der Waals surface area contributed by atoms with Crippen LogP contribution in [0, 0.1) is 0 Å². The summed E-state index contributed by atoms with van der Waals surface area (Å²) in [7, 11) is 0. The van der Waals surface area contributed by atoms with Crippen molar-refractivity contribution < 1.29 is 9.21 Å². The first-order chi connectivity index (χ1) is 13.5. The number of carbonyl (C=O) groups is 1. The molecule has 0 saturated heterocycles. The zero-order valence-electron chi connectivity index (χ0n) is 14.9. The molecule has 3 aromatic heterocycles. The number of hydrogen-bond donors (Lipinski definition) is 1. The van der Waals surface area contributed by atoms with Crippen molar-refractivity contribution in [2.75, 3.05) is 5.32 Å². The van der Waals surface area contributed by atoms with Crippen LogP contribution in [0.15, 0.2) is 40.2 Å². The lowest BCUT2D eigenvalue weighted by atomic mass is 10.3. The van der Waals surface area contributed by atoms with Crippen LogP contribution in [0.3, 0.4) is 0 Å². The van der Waals surface area contributed by atoms with Crippen molar-refractivity contribution in [3.05, 3.63) is 52.3 Å². The van der Waals surface area contributed by atoms with Crippen molar-refractivity contribution in [3.63, 3.8) is 0 Å². The van der Waals surface area contributed by atoms with Crippen LogP contribution < -0.4 is 5.32 Å². The topological polar surface area (TPSA) is 85.8 Å². The predicted octanol–water partition coefficient (Wildman–Crippen LogP) is 4.62. The minimum Gasteiger partial charge on any atom is -0.467 e. The van der Waals surface area contributed by atoms with Crippen molar-refractivity contribution >= 4 is 46.7 Å². The summed E-state index contributed by atoms with van der Waals surface area (Å²) in [4.78, 5) is 16.7. The summed E-state index contributed by atoms with van der Waals surface area (Å²) < 4.78 is 7.50. The van der Waals surface area contributed by atoms with E-state index in [-0.39, 0.29) is 16.7 Å². The summed E-state index contributed by atoms with van der Waals surface area (Å²) in [5.41, 5.74) is 0. The first kappa shape index (κ1) is 19.3. The van der Waals surface area contributed by atoms with Gasteiger partial charge >= 0.3 is 0 Å². The summed E-state index contributed by atoms with van der Waals surface area (Å²) in [5.74, 6) is 2.23. The zero-order valence-corrected chi connectivity index (χ0v) is 17.3. The maximum Gasteiger partial charge on any atom is 0.238 e. The first-order valence-electron chi connectivity index (χ1n) is 8.75. The van der Waals surface area contributed by atoms with E-state index in [9.17, 15) is 4.79 Å². The van der Waals surface area contributed by atoms with Gasteiger partial charge < -0.3 is 9.73 Å². The Labute approximate surface area is 175 Å².